The van der Waals surface area contributed by atoms with E-state index in [0.29, 0.717) is 5.11 Å². The molecule has 0 bridgehead atoms. The Balaban J connectivity index is 1.63. The van der Waals surface area contributed by atoms with Gasteiger partial charge in [-0.05, 0) is 44.1 Å². The number of ether oxygens (including phenoxy) is 1. The number of anilines is 1. The van der Waals surface area contributed by atoms with E-state index < -0.39 is 0 Å². The fraction of sp³-hybridized carbons (Fsp3) is 0.579. The van der Waals surface area contributed by atoms with Crippen LogP contribution in [0.2, 0.25) is 0 Å². The van der Waals surface area contributed by atoms with Crippen molar-refractivity contribution in [3.63, 3.8) is 0 Å². The molecule has 0 saturated carbocycles. The minimum Gasteiger partial charge on any atom is -0.370 e. The number of thiocarbonyl (C=S) groups is 1. The first-order valence-corrected chi connectivity index (χ1v) is 9.67. The average molecular weight is 380 g/mol. The highest BCUT2D eigenvalue weighted by Gasteiger charge is 2.13. The van der Waals surface area contributed by atoms with Gasteiger partial charge in [0.25, 0.3) is 0 Å². The molecule has 6 nitrogen and oxygen atoms in total. The van der Waals surface area contributed by atoms with Gasteiger partial charge in [0.2, 0.25) is 5.91 Å². The van der Waals surface area contributed by atoms with Crippen LogP contribution in [0.25, 0.3) is 0 Å². The molecule has 7 heteroatoms. The maximum Gasteiger partial charge on any atom is 0.243 e. The zero-order valence-electron chi connectivity index (χ0n) is 16.0. The van der Waals surface area contributed by atoms with Gasteiger partial charge >= 0.3 is 0 Å². The van der Waals surface area contributed by atoms with Gasteiger partial charge in [-0.25, -0.2) is 0 Å². The molecule has 1 amide bonds. The number of quaternary nitrogens is 1. The minimum atomic E-state index is -0.0954. The van der Waals surface area contributed by atoms with Crippen LogP contribution in [0.3, 0.4) is 0 Å². The number of hydrogen-bond donors (Lipinski definition) is 4. The summed E-state index contributed by atoms with van der Waals surface area (Å²) in [6, 6.07) is 4.14. The molecule has 0 aromatic heterocycles. The van der Waals surface area contributed by atoms with Gasteiger partial charge in [-0.2, -0.15) is 0 Å². The Morgan fingerprint density at radius 3 is 2.46 bits per heavy atom. The van der Waals surface area contributed by atoms with Crippen LogP contribution in [-0.2, 0) is 9.53 Å². The van der Waals surface area contributed by atoms with Gasteiger partial charge in [0.15, 0.2) is 5.11 Å². The number of hydrogen-bond acceptors (Lipinski definition) is 3. The third-order valence-corrected chi connectivity index (χ3v) is 4.83. The predicted octanol–water partition coefficient (Wildman–Crippen LogP) is 0.320. The number of aryl methyl sites for hydroxylation is 3. The van der Waals surface area contributed by atoms with E-state index in [4.69, 9.17) is 17.0 Å². The van der Waals surface area contributed by atoms with Gasteiger partial charge in [0.05, 0.1) is 26.3 Å². The molecule has 1 aromatic carbocycles. The monoisotopic (exact) mass is 379 g/mol. The summed E-state index contributed by atoms with van der Waals surface area (Å²) in [5.41, 5.74) is 4.22. The molecule has 1 heterocycles. The molecule has 0 radical (unpaired) electrons. The lowest BCUT2D eigenvalue weighted by molar-refractivity contribution is -0.908. The lowest BCUT2D eigenvalue weighted by Gasteiger charge is -2.23. The van der Waals surface area contributed by atoms with Crippen LogP contribution < -0.4 is 20.9 Å². The molecule has 1 fully saturated rings. The van der Waals surface area contributed by atoms with Crippen LogP contribution in [0.15, 0.2) is 12.1 Å². The Labute approximate surface area is 161 Å². The first-order chi connectivity index (χ1) is 12.5. The largest absolute Gasteiger partial charge is 0.370 e. The first kappa shape index (κ1) is 20.6. The quantitative estimate of drug-likeness (QED) is 0.406. The molecule has 0 atom stereocenters. The van der Waals surface area contributed by atoms with Gasteiger partial charge in [-0.3, -0.25) is 4.79 Å². The van der Waals surface area contributed by atoms with Crippen molar-refractivity contribution < 1.29 is 14.4 Å². The van der Waals surface area contributed by atoms with Crippen molar-refractivity contribution in [3.05, 3.63) is 28.8 Å². The topological polar surface area (TPSA) is 66.8 Å². The second-order valence-corrected chi connectivity index (χ2v) is 7.31. The van der Waals surface area contributed by atoms with Crippen molar-refractivity contribution in [2.75, 3.05) is 51.3 Å². The van der Waals surface area contributed by atoms with Gasteiger partial charge in [0.1, 0.15) is 13.1 Å². The van der Waals surface area contributed by atoms with Gasteiger partial charge < -0.3 is 25.6 Å². The van der Waals surface area contributed by atoms with Crippen LogP contribution in [0.4, 0.5) is 5.69 Å². The number of benzene rings is 1. The molecule has 144 valence electrons. The molecule has 0 aliphatic carbocycles. The van der Waals surface area contributed by atoms with E-state index >= 15 is 0 Å². The summed E-state index contributed by atoms with van der Waals surface area (Å²) < 4.78 is 5.36. The summed E-state index contributed by atoms with van der Waals surface area (Å²) in [7, 11) is 0. The molecule has 1 aromatic rings. The molecule has 0 unspecified atom stereocenters. The summed E-state index contributed by atoms with van der Waals surface area (Å²) in [4.78, 5) is 13.8. The van der Waals surface area contributed by atoms with Gasteiger partial charge in [-0.15, -0.1) is 0 Å². The van der Waals surface area contributed by atoms with E-state index in [9.17, 15) is 4.79 Å². The highest BCUT2D eigenvalue weighted by Crippen LogP contribution is 2.21. The van der Waals surface area contributed by atoms with Crippen LogP contribution in [0.1, 0.15) is 23.1 Å². The maximum atomic E-state index is 12.2. The van der Waals surface area contributed by atoms with E-state index in [1.54, 1.807) is 4.90 Å². The van der Waals surface area contributed by atoms with Crippen molar-refractivity contribution in [3.8, 4) is 0 Å². The summed E-state index contributed by atoms with van der Waals surface area (Å²) >= 11 is 5.25. The third-order valence-electron chi connectivity index (χ3n) is 4.54. The van der Waals surface area contributed by atoms with E-state index in [-0.39, 0.29) is 12.5 Å². The SMILES string of the molecule is Cc1cc(C)c(NC(=O)CNC(=S)NCCC[NH+]2CCOCC2)c(C)c1. The van der Waals surface area contributed by atoms with E-state index in [0.717, 1.165) is 62.6 Å². The average Bonchev–Trinajstić information content (AvgIpc) is 2.61. The van der Waals surface area contributed by atoms with E-state index in [2.05, 4.69) is 35.0 Å². The Hall–Kier alpha value is -1.70. The predicted molar refractivity (Wildman–Crippen MR) is 109 cm³/mol. The van der Waals surface area contributed by atoms with Gasteiger partial charge in [0, 0.05) is 18.7 Å². The Kier molecular flexibility index (Phi) is 8.28. The van der Waals surface area contributed by atoms with Crippen molar-refractivity contribution in [1.29, 1.82) is 0 Å². The van der Waals surface area contributed by atoms with Crippen molar-refractivity contribution in [2.45, 2.75) is 27.2 Å². The Morgan fingerprint density at radius 1 is 1.15 bits per heavy atom. The molecule has 2 rings (SSSR count). The van der Waals surface area contributed by atoms with Crippen molar-refractivity contribution in [1.82, 2.24) is 10.6 Å². The molecule has 1 aliphatic rings. The fourth-order valence-corrected chi connectivity index (χ4v) is 3.41. The normalized spacial score (nSPS) is 14.7. The smallest absolute Gasteiger partial charge is 0.243 e. The van der Waals surface area contributed by atoms with Crippen molar-refractivity contribution >= 4 is 28.9 Å². The first-order valence-electron chi connectivity index (χ1n) is 9.26. The molecule has 1 saturated heterocycles. The molecule has 26 heavy (non-hydrogen) atoms. The third kappa shape index (κ3) is 6.90. The minimum absolute atomic E-state index is 0.0954. The number of nitrogens with one attached hydrogen (secondary N) is 4. The molecule has 1 aliphatic heterocycles. The summed E-state index contributed by atoms with van der Waals surface area (Å²) in [6.45, 7) is 12.0. The van der Waals surface area contributed by atoms with E-state index in [1.807, 2.05) is 13.8 Å². The number of carbonyl (C=O) groups excluding carboxylic acids is 1. The zero-order chi connectivity index (χ0) is 18.9. The number of morpholine rings is 1. The molecular formula is C19H31N4O2S+. The van der Waals surface area contributed by atoms with E-state index in [1.165, 1.54) is 5.56 Å². The summed E-state index contributed by atoms with van der Waals surface area (Å²) in [6.07, 6.45) is 1.05. The summed E-state index contributed by atoms with van der Waals surface area (Å²) in [5.74, 6) is -0.0954. The maximum absolute atomic E-state index is 12.2. The Bertz CT molecular complexity index is 607. The van der Waals surface area contributed by atoms with Crippen LogP contribution in [0, 0.1) is 20.8 Å². The number of rotatable bonds is 7. The lowest BCUT2D eigenvalue weighted by Crippen LogP contribution is -3.14. The van der Waals surface area contributed by atoms with Crippen LogP contribution >= 0.6 is 12.2 Å². The van der Waals surface area contributed by atoms with Crippen LogP contribution in [-0.4, -0.2) is 57.0 Å². The Morgan fingerprint density at radius 2 is 1.81 bits per heavy atom. The summed E-state index contributed by atoms with van der Waals surface area (Å²) in [5, 5.41) is 9.63. The number of carbonyl (C=O) groups is 1. The molecule has 4 N–H and O–H groups in total. The second-order valence-electron chi connectivity index (χ2n) is 6.90. The number of amides is 1. The highest BCUT2D eigenvalue weighted by molar-refractivity contribution is 7.80. The van der Waals surface area contributed by atoms with Gasteiger partial charge in [-0.1, -0.05) is 17.7 Å². The fourth-order valence-electron chi connectivity index (χ4n) is 3.23. The van der Waals surface area contributed by atoms with Crippen molar-refractivity contribution in [2.24, 2.45) is 0 Å². The molecule has 0 spiro atoms. The zero-order valence-corrected chi connectivity index (χ0v) is 16.9. The highest BCUT2D eigenvalue weighted by atomic mass is 32.1. The standard InChI is InChI=1S/C19H30N4O2S/c1-14-11-15(2)18(16(3)12-14)22-17(24)13-21-19(26)20-5-4-6-23-7-9-25-10-8-23/h11-12H,4-10,13H2,1-3H3,(H,22,24)(H2,20,21,26)/p+1. The van der Waals surface area contributed by atoms with Crippen LogP contribution in [0.5, 0.6) is 0 Å². The second kappa shape index (κ2) is 10.4. The molecular weight excluding hydrogens is 348 g/mol. The lowest BCUT2D eigenvalue weighted by atomic mass is 10.1.